The van der Waals surface area contributed by atoms with Gasteiger partial charge in [-0.2, -0.15) is 4.98 Å². The third kappa shape index (κ3) is 3.08. The lowest BCUT2D eigenvalue weighted by atomic mass is 10.3. The van der Waals surface area contributed by atoms with Crippen LogP contribution in [0, 0.1) is 6.92 Å². The molecule has 0 atom stereocenters. The maximum absolute atomic E-state index is 8.86. The highest BCUT2D eigenvalue weighted by Gasteiger charge is 2.12. The molecule has 80 valence electrons. The van der Waals surface area contributed by atoms with Crippen LogP contribution in [-0.4, -0.2) is 39.3 Å². The summed E-state index contributed by atoms with van der Waals surface area (Å²) in [7, 11) is 0. The van der Waals surface area contributed by atoms with E-state index in [1.165, 1.54) is 0 Å². The molecule has 14 heavy (non-hydrogen) atoms. The number of aromatic nitrogens is 2. The molecule has 0 aliphatic rings. The Morgan fingerprint density at radius 3 is 2.64 bits per heavy atom. The highest BCUT2D eigenvalue weighted by Crippen LogP contribution is 2.05. The number of aliphatic hydroxyl groups is 1. The molecule has 1 aromatic rings. The molecule has 0 saturated heterocycles. The first kappa shape index (κ1) is 11.1. The highest BCUT2D eigenvalue weighted by atomic mass is 16.5. The van der Waals surface area contributed by atoms with Crippen LogP contribution in [0.25, 0.3) is 0 Å². The van der Waals surface area contributed by atoms with Gasteiger partial charge in [0.2, 0.25) is 5.89 Å². The maximum Gasteiger partial charge on any atom is 0.240 e. The highest BCUT2D eigenvalue weighted by molar-refractivity contribution is 4.83. The first-order valence-electron chi connectivity index (χ1n) is 4.77. The van der Waals surface area contributed by atoms with E-state index in [4.69, 9.17) is 9.63 Å². The quantitative estimate of drug-likeness (QED) is 0.751. The summed E-state index contributed by atoms with van der Waals surface area (Å²) < 4.78 is 5.01. The smallest absolute Gasteiger partial charge is 0.240 e. The zero-order chi connectivity index (χ0) is 10.6. The van der Waals surface area contributed by atoms with Gasteiger partial charge in [-0.3, -0.25) is 4.90 Å². The summed E-state index contributed by atoms with van der Waals surface area (Å²) in [5.41, 5.74) is 0. The molecule has 5 nitrogen and oxygen atoms in total. The van der Waals surface area contributed by atoms with E-state index in [1.807, 2.05) is 0 Å². The van der Waals surface area contributed by atoms with Crippen molar-refractivity contribution in [3.05, 3.63) is 11.7 Å². The van der Waals surface area contributed by atoms with Crippen LogP contribution in [0.3, 0.4) is 0 Å². The molecule has 0 saturated carbocycles. The molecule has 1 heterocycles. The molecule has 0 amide bonds. The Balaban J connectivity index is 2.55. The standard InChI is InChI=1S/C9H17N3O2/c1-7(2)12(4-5-13)6-9-10-8(3)11-14-9/h7,13H,4-6H2,1-3H3. The van der Waals surface area contributed by atoms with Crippen molar-refractivity contribution in [2.24, 2.45) is 0 Å². The van der Waals surface area contributed by atoms with Crippen molar-refractivity contribution in [3.8, 4) is 0 Å². The van der Waals surface area contributed by atoms with Gasteiger partial charge in [-0.1, -0.05) is 5.16 Å². The van der Waals surface area contributed by atoms with Gasteiger partial charge in [0.15, 0.2) is 5.82 Å². The van der Waals surface area contributed by atoms with Crippen molar-refractivity contribution < 1.29 is 9.63 Å². The second-order valence-corrected chi connectivity index (χ2v) is 3.52. The second kappa shape index (κ2) is 5.07. The largest absolute Gasteiger partial charge is 0.395 e. The second-order valence-electron chi connectivity index (χ2n) is 3.52. The number of rotatable bonds is 5. The Morgan fingerprint density at radius 1 is 1.50 bits per heavy atom. The summed E-state index contributed by atoms with van der Waals surface area (Å²) in [5, 5.41) is 12.6. The van der Waals surface area contributed by atoms with Gasteiger partial charge >= 0.3 is 0 Å². The predicted octanol–water partition coefficient (Wildman–Crippen LogP) is 0.581. The maximum atomic E-state index is 8.86. The summed E-state index contributed by atoms with van der Waals surface area (Å²) in [6, 6.07) is 0.356. The molecule has 0 fully saturated rings. The summed E-state index contributed by atoms with van der Waals surface area (Å²) in [4.78, 5) is 6.19. The van der Waals surface area contributed by atoms with Crippen molar-refractivity contribution in [1.29, 1.82) is 0 Å². The average molecular weight is 199 g/mol. The van der Waals surface area contributed by atoms with Crippen LogP contribution in [-0.2, 0) is 6.54 Å². The average Bonchev–Trinajstić information content (AvgIpc) is 2.50. The number of hydrogen-bond acceptors (Lipinski definition) is 5. The fourth-order valence-electron chi connectivity index (χ4n) is 1.23. The van der Waals surface area contributed by atoms with Gasteiger partial charge in [-0.25, -0.2) is 0 Å². The van der Waals surface area contributed by atoms with Crippen molar-refractivity contribution >= 4 is 0 Å². The van der Waals surface area contributed by atoms with Crippen LogP contribution >= 0.6 is 0 Å². The van der Waals surface area contributed by atoms with Gasteiger partial charge in [0.25, 0.3) is 0 Å². The molecule has 0 spiro atoms. The van der Waals surface area contributed by atoms with E-state index in [2.05, 4.69) is 28.9 Å². The Labute approximate surface area is 83.7 Å². The molecule has 1 aromatic heterocycles. The normalized spacial score (nSPS) is 11.6. The lowest BCUT2D eigenvalue weighted by molar-refractivity contribution is 0.144. The van der Waals surface area contributed by atoms with Gasteiger partial charge in [0.1, 0.15) is 0 Å². The predicted molar refractivity (Wildman–Crippen MR) is 51.7 cm³/mol. The minimum atomic E-state index is 0.144. The number of nitrogens with zero attached hydrogens (tertiary/aromatic N) is 3. The van der Waals surface area contributed by atoms with Gasteiger partial charge in [0, 0.05) is 12.6 Å². The van der Waals surface area contributed by atoms with Gasteiger partial charge < -0.3 is 9.63 Å². The number of aryl methyl sites for hydroxylation is 1. The zero-order valence-electron chi connectivity index (χ0n) is 8.90. The Bertz CT molecular complexity index is 273. The molecule has 1 rings (SSSR count). The van der Waals surface area contributed by atoms with Crippen LogP contribution in [0.15, 0.2) is 4.52 Å². The Kier molecular flexibility index (Phi) is 4.03. The van der Waals surface area contributed by atoms with E-state index in [0.29, 0.717) is 30.8 Å². The van der Waals surface area contributed by atoms with Gasteiger partial charge in [0.05, 0.1) is 13.2 Å². The van der Waals surface area contributed by atoms with E-state index in [-0.39, 0.29) is 6.61 Å². The molecule has 0 aliphatic carbocycles. The van der Waals surface area contributed by atoms with Crippen molar-refractivity contribution in [2.75, 3.05) is 13.2 Å². The van der Waals surface area contributed by atoms with Crippen LogP contribution in [0.1, 0.15) is 25.6 Å². The number of aliphatic hydroxyl groups excluding tert-OH is 1. The van der Waals surface area contributed by atoms with Gasteiger partial charge in [-0.15, -0.1) is 0 Å². The fourth-order valence-corrected chi connectivity index (χ4v) is 1.23. The molecule has 5 heteroatoms. The van der Waals surface area contributed by atoms with Crippen LogP contribution in [0.2, 0.25) is 0 Å². The van der Waals surface area contributed by atoms with E-state index >= 15 is 0 Å². The monoisotopic (exact) mass is 199 g/mol. The van der Waals surface area contributed by atoms with Crippen molar-refractivity contribution in [2.45, 2.75) is 33.4 Å². The fraction of sp³-hybridized carbons (Fsp3) is 0.778. The SMILES string of the molecule is Cc1noc(CN(CCO)C(C)C)n1. The lowest BCUT2D eigenvalue weighted by Gasteiger charge is -2.23. The molecular formula is C9H17N3O2. The summed E-state index contributed by atoms with van der Waals surface area (Å²) in [6.07, 6.45) is 0. The van der Waals surface area contributed by atoms with E-state index in [9.17, 15) is 0 Å². The number of hydrogen-bond donors (Lipinski definition) is 1. The van der Waals surface area contributed by atoms with Crippen molar-refractivity contribution in [1.82, 2.24) is 15.0 Å². The first-order chi connectivity index (χ1) is 6.63. The van der Waals surface area contributed by atoms with Crippen LogP contribution in [0.5, 0.6) is 0 Å². The Hall–Kier alpha value is -0.940. The van der Waals surface area contributed by atoms with Crippen LogP contribution < -0.4 is 0 Å². The molecule has 0 aliphatic heterocycles. The minimum absolute atomic E-state index is 0.144. The lowest BCUT2D eigenvalue weighted by Crippen LogP contribution is -2.33. The third-order valence-corrected chi connectivity index (χ3v) is 2.03. The van der Waals surface area contributed by atoms with Crippen LogP contribution in [0.4, 0.5) is 0 Å². The molecule has 0 radical (unpaired) electrons. The Morgan fingerprint density at radius 2 is 2.21 bits per heavy atom. The van der Waals surface area contributed by atoms with Gasteiger partial charge in [-0.05, 0) is 20.8 Å². The zero-order valence-corrected chi connectivity index (χ0v) is 8.90. The molecule has 0 bridgehead atoms. The topological polar surface area (TPSA) is 62.4 Å². The third-order valence-electron chi connectivity index (χ3n) is 2.03. The summed E-state index contributed by atoms with van der Waals surface area (Å²) in [6.45, 7) is 7.29. The summed E-state index contributed by atoms with van der Waals surface area (Å²) >= 11 is 0. The molecular weight excluding hydrogens is 182 g/mol. The van der Waals surface area contributed by atoms with E-state index in [1.54, 1.807) is 6.92 Å². The molecule has 0 aromatic carbocycles. The first-order valence-corrected chi connectivity index (χ1v) is 4.77. The molecule has 1 N–H and O–H groups in total. The van der Waals surface area contributed by atoms with E-state index in [0.717, 1.165) is 0 Å². The molecule has 0 unspecified atom stereocenters. The van der Waals surface area contributed by atoms with Crippen molar-refractivity contribution in [3.63, 3.8) is 0 Å². The van der Waals surface area contributed by atoms with E-state index < -0.39 is 0 Å². The summed E-state index contributed by atoms with van der Waals surface area (Å²) in [5.74, 6) is 1.25. The minimum Gasteiger partial charge on any atom is -0.395 e.